The van der Waals surface area contributed by atoms with E-state index < -0.39 is 0 Å². The molecule has 1 aromatic carbocycles. The third kappa shape index (κ3) is 3.05. The van der Waals surface area contributed by atoms with Crippen LogP contribution < -0.4 is 15.4 Å². The first-order chi connectivity index (χ1) is 8.10. The van der Waals surface area contributed by atoms with E-state index >= 15 is 0 Å². The minimum Gasteiger partial charge on any atom is -0.497 e. The van der Waals surface area contributed by atoms with Crippen molar-refractivity contribution < 1.29 is 4.74 Å². The zero-order valence-corrected chi connectivity index (χ0v) is 10.9. The van der Waals surface area contributed by atoms with Crippen LogP contribution in [-0.2, 0) is 0 Å². The number of ether oxygens (including phenoxy) is 1. The number of hydrogen-bond donors (Lipinski definition) is 1. The van der Waals surface area contributed by atoms with Crippen LogP contribution in [0.1, 0.15) is 26.7 Å². The van der Waals surface area contributed by atoms with Gasteiger partial charge in [-0.25, -0.2) is 0 Å². The van der Waals surface area contributed by atoms with Crippen LogP contribution in [0.2, 0.25) is 0 Å². The predicted octanol–water partition coefficient (Wildman–Crippen LogP) is 2.90. The van der Waals surface area contributed by atoms with Crippen molar-refractivity contribution in [2.24, 2.45) is 5.92 Å². The average Bonchev–Trinajstić information content (AvgIpc) is 3.08. The molecule has 2 N–H and O–H groups in total. The van der Waals surface area contributed by atoms with E-state index in [0.29, 0.717) is 6.04 Å². The fraction of sp³-hybridized carbons (Fsp3) is 0.571. The van der Waals surface area contributed by atoms with Crippen molar-refractivity contribution in [2.45, 2.75) is 32.7 Å². The monoisotopic (exact) mass is 234 g/mol. The molecular formula is C14H22N2O. The van der Waals surface area contributed by atoms with Crippen molar-refractivity contribution in [2.75, 3.05) is 24.3 Å². The standard InChI is InChI=1S/C14H22N2O/c1-10(2)16(9-11-4-5-11)13-6-12(15)7-14(8-13)17-3/h6-8,10-11H,4-5,9,15H2,1-3H3. The Morgan fingerprint density at radius 2 is 2.06 bits per heavy atom. The highest BCUT2D eigenvalue weighted by molar-refractivity contribution is 5.61. The minimum atomic E-state index is 0.488. The topological polar surface area (TPSA) is 38.5 Å². The average molecular weight is 234 g/mol. The van der Waals surface area contributed by atoms with E-state index in [9.17, 15) is 0 Å². The molecule has 1 aliphatic rings. The van der Waals surface area contributed by atoms with Gasteiger partial charge in [-0.05, 0) is 38.7 Å². The van der Waals surface area contributed by atoms with Crippen LogP contribution in [0.3, 0.4) is 0 Å². The summed E-state index contributed by atoms with van der Waals surface area (Å²) in [6, 6.07) is 6.45. The van der Waals surface area contributed by atoms with Crippen LogP contribution in [0.5, 0.6) is 5.75 Å². The highest BCUT2D eigenvalue weighted by Crippen LogP contribution is 2.34. The number of benzene rings is 1. The highest BCUT2D eigenvalue weighted by Gasteiger charge is 2.26. The molecule has 1 saturated carbocycles. The SMILES string of the molecule is COc1cc(N)cc(N(CC2CC2)C(C)C)c1. The van der Waals surface area contributed by atoms with E-state index in [1.54, 1.807) is 7.11 Å². The Morgan fingerprint density at radius 1 is 1.35 bits per heavy atom. The van der Waals surface area contributed by atoms with Crippen molar-refractivity contribution in [3.63, 3.8) is 0 Å². The zero-order valence-electron chi connectivity index (χ0n) is 10.9. The molecule has 0 amide bonds. The van der Waals surface area contributed by atoms with Gasteiger partial charge in [0.05, 0.1) is 7.11 Å². The van der Waals surface area contributed by atoms with Gasteiger partial charge in [0.2, 0.25) is 0 Å². The molecule has 1 fully saturated rings. The normalized spacial score (nSPS) is 15.1. The van der Waals surface area contributed by atoms with Gasteiger partial charge in [-0.1, -0.05) is 0 Å². The maximum absolute atomic E-state index is 5.91. The number of rotatable bonds is 5. The summed E-state index contributed by atoms with van der Waals surface area (Å²) in [5.74, 6) is 1.70. The first-order valence-electron chi connectivity index (χ1n) is 6.31. The van der Waals surface area contributed by atoms with Gasteiger partial charge in [-0.15, -0.1) is 0 Å². The molecule has 17 heavy (non-hydrogen) atoms. The van der Waals surface area contributed by atoms with Gasteiger partial charge in [0, 0.05) is 36.1 Å². The van der Waals surface area contributed by atoms with E-state index in [1.807, 2.05) is 12.1 Å². The second-order valence-electron chi connectivity index (χ2n) is 5.15. The Kier molecular flexibility index (Phi) is 3.46. The molecule has 0 radical (unpaired) electrons. The summed E-state index contributed by atoms with van der Waals surface area (Å²) in [6.45, 7) is 5.57. The van der Waals surface area contributed by atoms with E-state index in [-0.39, 0.29) is 0 Å². The Hall–Kier alpha value is -1.38. The van der Waals surface area contributed by atoms with Crippen LogP contribution >= 0.6 is 0 Å². The molecule has 0 spiro atoms. The Balaban J connectivity index is 2.23. The second kappa shape index (κ2) is 4.86. The highest BCUT2D eigenvalue weighted by atomic mass is 16.5. The van der Waals surface area contributed by atoms with Crippen LogP contribution in [0, 0.1) is 5.92 Å². The van der Waals surface area contributed by atoms with Crippen LogP contribution in [0.25, 0.3) is 0 Å². The maximum atomic E-state index is 5.91. The van der Waals surface area contributed by atoms with E-state index in [4.69, 9.17) is 10.5 Å². The lowest BCUT2D eigenvalue weighted by Gasteiger charge is -2.29. The fourth-order valence-corrected chi connectivity index (χ4v) is 2.08. The van der Waals surface area contributed by atoms with Gasteiger partial charge < -0.3 is 15.4 Å². The molecule has 2 rings (SSSR count). The molecular weight excluding hydrogens is 212 g/mol. The molecule has 1 aromatic rings. The molecule has 0 bridgehead atoms. The number of hydrogen-bond acceptors (Lipinski definition) is 3. The molecule has 0 aromatic heterocycles. The lowest BCUT2D eigenvalue weighted by Crippen LogP contribution is -2.32. The minimum absolute atomic E-state index is 0.488. The summed E-state index contributed by atoms with van der Waals surface area (Å²) < 4.78 is 5.28. The summed E-state index contributed by atoms with van der Waals surface area (Å²) in [5, 5.41) is 0. The van der Waals surface area contributed by atoms with Crippen LogP contribution in [0.4, 0.5) is 11.4 Å². The van der Waals surface area contributed by atoms with E-state index in [2.05, 4.69) is 24.8 Å². The van der Waals surface area contributed by atoms with Gasteiger partial charge in [-0.3, -0.25) is 0 Å². The molecule has 0 unspecified atom stereocenters. The molecule has 94 valence electrons. The summed E-state index contributed by atoms with van der Waals surface area (Å²) in [7, 11) is 1.68. The fourth-order valence-electron chi connectivity index (χ4n) is 2.08. The predicted molar refractivity (Wildman–Crippen MR) is 72.6 cm³/mol. The zero-order chi connectivity index (χ0) is 12.4. The molecule has 1 aliphatic carbocycles. The quantitative estimate of drug-likeness (QED) is 0.796. The van der Waals surface area contributed by atoms with Gasteiger partial charge in [-0.2, -0.15) is 0 Å². The molecule has 0 heterocycles. The van der Waals surface area contributed by atoms with Gasteiger partial charge in [0.25, 0.3) is 0 Å². The van der Waals surface area contributed by atoms with Crippen molar-refractivity contribution in [1.82, 2.24) is 0 Å². The number of nitrogens with two attached hydrogens (primary N) is 1. The Bertz CT molecular complexity index is 386. The lowest BCUT2D eigenvalue weighted by atomic mass is 10.2. The molecule has 3 nitrogen and oxygen atoms in total. The second-order valence-corrected chi connectivity index (χ2v) is 5.15. The third-order valence-electron chi connectivity index (χ3n) is 3.26. The summed E-state index contributed by atoms with van der Waals surface area (Å²) in [4.78, 5) is 2.41. The van der Waals surface area contributed by atoms with E-state index in [1.165, 1.54) is 18.5 Å². The molecule has 0 saturated heterocycles. The number of methoxy groups -OCH3 is 1. The van der Waals surface area contributed by atoms with Gasteiger partial charge in [0.15, 0.2) is 0 Å². The number of nitrogen functional groups attached to an aromatic ring is 1. The summed E-state index contributed by atoms with van der Waals surface area (Å²) in [6.07, 6.45) is 2.73. The molecule has 0 atom stereocenters. The summed E-state index contributed by atoms with van der Waals surface area (Å²) in [5.41, 5.74) is 7.85. The van der Waals surface area contributed by atoms with Crippen molar-refractivity contribution in [3.8, 4) is 5.75 Å². The number of anilines is 2. The third-order valence-corrected chi connectivity index (χ3v) is 3.26. The lowest BCUT2D eigenvalue weighted by molar-refractivity contribution is 0.415. The van der Waals surface area contributed by atoms with Crippen LogP contribution in [0.15, 0.2) is 18.2 Å². The Labute approximate surface area is 104 Å². The summed E-state index contributed by atoms with van der Waals surface area (Å²) >= 11 is 0. The number of nitrogens with zero attached hydrogens (tertiary/aromatic N) is 1. The van der Waals surface area contributed by atoms with Gasteiger partial charge in [0.1, 0.15) is 5.75 Å². The van der Waals surface area contributed by atoms with Gasteiger partial charge >= 0.3 is 0 Å². The molecule has 3 heteroatoms. The van der Waals surface area contributed by atoms with Crippen LogP contribution in [-0.4, -0.2) is 19.7 Å². The van der Waals surface area contributed by atoms with E-state index in [0.717, 1.165) is 23.9 Å². The first kappa shape index (κ1) is 12.1. The first-order valence-corrected chi connectivity index (χ1v) is 6.31. The smallest absolute Gasteiger partial charge is 0.122 e. The Morgan fingerprint density at radius 3 is 2.59 bits per heavy atom. The van der Waals surface area contributed by atoms with Crippen molar-refractivity contribution >= 4 is 11.4 Å². The largest absolute Gasteiger partial charge is 0.497 e. The maximum Gasteiger partial charge on any atom is 0.122 e. The van der Waals surface area contributed by atoms with Crippen molar-refractivity contribution in [1.29, 1.82) is 0 Å². The van der Waals surface area contributed by atoms with Crippen molar-refractivity contribution in [3.05, 3.63) is 18.2 Å². The molecule has 0 aliphatic heterocycles.